The summed E-state index contributed by atoms with van der Waals surface area (Å²) in [5.41, 5.74) is 2.67. The lowest BCUT2D eigenvalue weighted by molar-refractivity contribution is -0.140. The Kier molecular flexibility index (Phi) is 8.43. The molecule has 0 radical (unpaired) electrons. The molecular formula is C30H30FNO6. The van der Waals surface area contributed by atoms with E-state index in [1.54, 1.807) is 54.6 Å². The fourth-order valence-corrected chi connectivity index (χ4v) is 4.41. The summed E-state index contributed by atoms with van der Waals surface area (Å²) < 4.78 is 29.7. The minimum Gasteiger partial charge on any atom is -0.507 e. The van der Waals surface area contributed by atoms with Crippen LogP contribution in [0.4, 0.5) is 4.39 Å². The Morgan fingerprint density at radius 1 is 1.00 bits per heavy atom. The van der Waals surface area contributed by atoms with E-state index in [4.69, 9.17) is 14.2 Å². The van der Waals surface area contributed by atoms with Gasteiger partial charge in [0.05, 0.1) is 24.8 Å². The van der Waals surface area contributed by atoms with Crippen LogP contribution < -0.4 is 9.47 Å². The highest BCUT2D eigenvalue weighted by Crippen LogP contribution is 2.40. The van der Waals surface area contributed by atoms with E-state index in [1.165, 1.54) is 24.1 Å². The van der Waals surface area contributed by atoms with Gasteiger partial charge in [-0.05, 0) is 73.0 Å². The highest BCUT2D eigenvalue weighted by Gasteiger charge is 2.45. The van der Waals surface area contributed by atoms with Crippen molar-refractivity contribution < 1.29 is 33.3 Å². The minimum atomic E-state index is -0.803. The minimum absolute atomic E-state index is 0.00893. The van der Waals surface area contributed by atoms with Crippen LogP contribution in [0.3, 0.4) is 0 Å². The van der Waals surface area contributed by atoms with Crippen molar-refractivity contribution in [3.05, 3.63) is 100 Å². The fourth-order valence-electron chi connectivity index (χ4n) is 4.41. The van der Waals surface area contributed by atoms with Gasteiger partial charge in [0, 0.05) is 19.2 Å². The van der Waals surface area contributed by atoms with Gasteiger partial charge in [-0.15, -0.1) is 0 Å². The number of methoxy groups -OCH3 is 1. The largest absolute Gasteiger partial charge is 0.507 e. The van der Waals surface area contributed by atoms with Crippen LogP contribution in [0.15, 0.2) is 72.3 Å². The number of carbonyl (C=O) groups is 2. The predicted molar refractivity (Wildman–Crippen MR) is 140 cm³/mol. The first-order chi connectivity index (χ1) is 18.3. The van der Waals surface area contributed by atoms with Crippen LogP contribution in [0.2, 0.25) is 0 Å². The number of carbonyl (C=O) groups excluding carboxylic acids is 2. The van der Waals surface area contributed by atoms with Gasteiger partial charge in [0.25, 0.3) is 11.7 Å². The molecule has 0 aromatic heterocycles. The van der Waals surface area contributed by atoms with Gasteiger partial charge in [-0.3, -0.25) is 9.59 Å². The molecule has 1 saturated heterocycles. The maximum Gasteiger partial charge on any atom is 0.295 e. The summed E-state index contributed by atoms with van der Waals surface area (Å²) in [6.07, 6.45) is 0. The molecule has 1 aliphatic heterocycles. The molecule has 1 N–H and O–H groups in total. The number of ketones is 1. The molecule has 198 valence electrons. The Morgan fingerprint density at radius 2 is 1.71 bits per heavy atom. The SMILES string of the molecule is CCOc1ccc(/C(O)=C2/C(=O)C(=O)N(CCOC)C2c2ccc(OCc3ccc(F)cc3)cc2)cc1C. The zero-order valence-electron chi connectivity index (χ0n) is 21.6. The first-order valence-corrected chi connectivity index (χ1v) is 12.3. The van der Waals surface area contributed by atoms with E-state index in [0.717, 1.165) is 11.1 Å². The molecule has 1 heterocycles. The van der Waals surface area contributed by atoms with Crippen LogP contribution in [0.25, 0.3) is 5.76 Å². The lowest BCUT2D eigenvalue weighted by atomic mass is 9.94. The highest BCUT2D eigenvalue weighted by atomic mass is 19.1. The number of Topliss-reactive ketones (excluding diaryl/α,β-unsaturated/α-hetero) is 1. The lowest BCUT2D eigenvalue weighted by Gasteiger charge is -2.25. The van der Waals surface area contributed by atoms with Crippen LogP contribution in [0.5, 0.6) is 11.5 Å². The molecule has 0 spiro atoms. The molecule has 1 unspecified atom stereocenters. The monoisotopic (exact) mass is 519 g/mol. The van der Waals surface area contributed by atoms with Gasteiger partial charge < -0.3 is 24.2 Å². The molecular weight excluding hydrogens is 489 g/mol. The standard InChI is InChI=1S/C30H30FNO6/c1-4-37-25-14-9-22(17-19(25)2)28(33)26-27(32(15-16-36-3)30(35)29(26)34)21-7-12-24(13-8-21)38-18-20-5-10-23(31)11-6-20/h5-14,17,27,33H,4,15-16,18H2,1-3H3/b28-26-. The fraction of sp³-hybridized carbons (Fsp3) is 0.267. The summed E-state index contributed by atoms with van der Waals surface area (Å²) >= 11 is 0. The number of likely N-dealkylation sites (tertiary alicyclic amines) is 1. The second kappa shape index (κ2) is 11.9. The quantitative estimate of drug-likeness (QED) is 0.226. The Hall–Kier alpha value is -4.17. The maximum absolute atomic E-state index is 13.2. The molecule has 1 aliphatic rings. The lowest BCUT2D eigenvalue weighted by Crippen LogP contribution is -2.32. The Bertz CT molecular complexity index is 1330. The molecule has 7 nitrogen and oxygen atoms in total. The average Bonchev–Trinajstić information content (AvgIpc) is 3.17. The molecule has 0 aliphatic carbocycles. The average molecular weight is 520 g/mol. The zero-order chi connectivity index (χ0) is 27.2. The summed E-state index contributed by atoms with van der Waals surface area (Å²) in [6, 6.07) is 17.3. The number of aliphatic hydroxyl groups excluding tert-OH is 1. The number of benzene rings is 3. The summed E-state index contributed by atoms with van der Waals surface area (Å²) in [5.74, 6) is -0.786. The van der Waals surface area contributed by atoms with Crippen LogP contribution in [0.1, 0.15) is 35.2 Å². The van der Waals surface area contributed by atoms with E-state index < -0.39 is 17.7 Å². The summed E-state index contributed by atoms with van der Waals surface area (Å²) in [7, 11) is 1.52. The number of ether oxygens (including phenoxy) is 3. The van der Waals surface area contributed by atoms with Crippen molar-refractivity contribution in [3.8, 4) is 11.5 Å². The zero-order valence-corrected chi connectivity index (χ0v) is 21.6. The number of rotatable bonds is 10. The Balaban J connectivity index is 1.67. The Labute approximate surface area is 221 Å². The van der Waals surface area contributed by atoms with E-state index in [9.17, 15) is 19.1 Å². The number of halogens is 1. The molecule has 1 amide bonds. The third-order valence-corrected chi connectivity index (χ3v) is 6.34. The van der Waals surface area contributed by atoms with Gasteiger partial charge in [0.1, 0.15) is 29.7 Å². The van der Waals surface area contributed by atoms with Gasteiger partial charge in [0.15, 0.2) is 0 Å². The van der Waals surface area contributed by atoms with E-state index in [0.29, 0.717) is 29.2 Å². The van der Waals surface area contributed by atoms with Gasteiger partial charge in [-0.1, -0.05) is 24.3 Å². The van der Waals surface area contributed by atoms with Crippen molar-refractivity contribution in [2.24, 2.45) is 0 Å². The van der Waals surface area contributed by atoms with E-state index in [-0.39, 0.29) is 36.9 Å². The number of aryl methyl sites for hydroxylation is 1. The first-order valence-electron chi connectivity index (χ1n) is 12.3. The van der Waals surface area contributed by atoms with Crippen LogP contribution in [0, 0.1) is 12.7 Å². The molecule has 0 saturated carbocycles. The van der Waals surface area contributed by atoms with Crippen molar-refractivity contribution in [1.82, 2.24) is 4.90 Å². The maximum atomic E-state index is 13.2. The predicted octanol–water partition coefficient (Wildman–Crippen LogP) is 5.18. The van der Waals surface area contributed by atoms with Crippen molar-refractivity contribution in [3.63, 3.8) is 0 Å². The van der Waals surface area contributed by atoms with E-state index >= 15 is 0 Å². The van der Waals surface area contributed by atoms with Crippen molar-refractivity contribution in [2.45, 2.75) is 26.5 Å². The van der Waals surface area contributed by atoms with Crippen LogP contribution in [-0.2, 0) is 20.9 Å². The molecule has 3 aromatic rings. The number of aliphatic hydroxyl groups is 1. The highest BCUT2D eigenvalue weighted by molar-refractivity contribution is 6.46. The van der Waals surface area contributed by atoms with Crippen molar-refractivity contribution >= 4 is 17.4 Å². The van der Waals surface area contributed by atoms with Crippen LogP contribution >= 0.6 is 0 Å². The third-order valence-electron chi connectivity index (χ3n) is 6.34. The van der Waals surface area contributed by atoms with E-state index in [2.05, 4.69) is 0 Å². The summed E-state index contributed by atoms with van der Waals surface area (Å²) in [4.78, 5) is 27.6. The van der Waals surface area contributed by atoms with Gasteiger partial charge in [-0.25, -0.2) is 4.39 Å². The number of amides is 1. The normalized spacial score (nSPS) is 16.6. The topological polar surface area (TPSA) is 85.3 Å². The molecule has 0 bridgehead atoms. The third kappa shape index (κ3) is 5.70. The summed E-state index contributed by atoms with van der Waals surface area (Å²) in [5, 5.41) is 11.3. The van der Waals surface area contributed by atoms with Gasteiger partial charge in [0.2, 0.25) is 0 Å². The molecule has 8 heteroatoms. The first kappa shape index (κ1) is 26.9. The molecule has 1 atom stereocenters. The molecule has 38 heavy (non-hydrogen) atoms. The number of nitrogens with zero attached hydrogens (tertiary/aromatic N) is 1. The van der Waals surface area contributed by atoms with Crippen molar-refractivity contribution in [2.75, 3.05) is 26.9 Å². The molecule has 4 rings (SSSR count). The Morgan fingerprint density at radius 3 is 2.34 bits per heavy atom. The van der Waals surface area contributed by atoms with Gasteiger partial charge in [-0.2, -0.15) is 0 Å². The smallest absolute Gasteiger partial charge is 0.295 e. The second-order valence-electron chi connectivity index (χ2n) is 8.88. The molecule has 1 fully saturated rings. The number of hydrogen-bond donors (Lipinski definition) is 1. The van der Waals surface area contributed by atoms with Crippen LogP contribution in [-0.4, -0.2) is 48.6 Å². The van der Waals surface area contributed by atoms with E-state index in [1.807, 2.05) is 13.8 Å². The van der Waals surface area contributed by atoms with Crippen molar-refractivity contribution in [1.29, 1.82) is 0 Å². The second-order valence-corrected chi connectivity index (χ2v) is 8.88. The molecule has 3 aromatic carbocycles. The number of hydrogen-bond acceptors (Lipinski definition) is 6. The van der Waals surface area contributed by atoms with Gasteiger partial charge >= 0.3 is 0 Å². The summed E-state index contributed by atoms with van der Waals surface area (Å²) in [6.45, 7) is 4.89.